The van der Waals surface area contributed by atoms with Crippen LogP contribution in [-0.4, -0.2) is 18.1 Å². The Kier molecular flexibility index (Phi) is 4.26. The first-order valence-corrected chi connectivity index (χ1v) is 5.65. The largest absolute Gasteiger partial charge is 0.375 e. The maximum Gasteiger partial charge on any atom is 0.160 e. The van der Waals surface area contributed by atoms with Gasteiger partial charge in [0, 0.05) is 14.8 Å². The van der Waals surface area contributed by atoms with Crippen LogP contribution in [0.15, 0.2) is 18.2 Å². The molecule has 0 aliphatic rings. The second-order valence-corrected chi connectivity index (χ2v) is 4.37. The highest BCUT2D eigenvalue weighted by Gasteiger charge is 2.10. The molecule has 0 aromatic heterocycles. The van der Waals surface area contributed by atoms with E-state index < -0.39 is 0 Å². The van der Waals surface area contributed by atoms with Gasteiger partial charge in [0.05, 0.1) is 6.04 Å². The van der Waals surface area contributed by atoms with Gasteiger partial charge >= 0.3 is 0 Å². The van der Waals surface area contributed by atoms with E-state index in [1.807, 2.05) is 6.07 Å². The Balaban J connectivity index is 3.04. The number of benzene rings is 1. The van der Waals surface area contributed by atoms with E-state index >= 15 is 0 Å². The lowest BCUT2D eigenvalue weighted by Gasteiger charge is -2.12. The van der Waals surface area contributed by atoms with Crippen LogP contribution in [0, 0.1) is 3.57 Å². The lowest BCUT2D eigenvalue weighted by Crippen LogP contribution is -2.17. The van der Waals surface area contributed by atoms with E-state index in [0.29, 0.717) is 5.56 Å². The fourth-order valence-electron chi connectivity index (χ4n) is 1.19. The predicted molar refractivity (Wildman–Crippen MR) is 68.3 cm³/mol. The Labute approximate surface area is 102 Å². The van der Waals surface area contributed by atoms with Crippen molar-refractivity contribution in [3.05, 3.63) is 27.3 Å². The average molecular weight is 317 g/mol. The molecule has 4 heteroatoms. The molecule has 0 radical (unpaired) electrons. The van der Waals surface area contributed by atoms with Gasteiger partial charge in [-0.15, -0.1) is 0 Å². The van der Waals surface area contributed by atoms with E-state index in [-0.39, 0.29) is 11.8 Å². The molecule has 80 valence electrons. The van der Waals surface area contributed by atoms with Gasteiger partial charge in [-0.3, -0.25) is 4.79 Å². The molecule has 15 heavy (non-hydrogen) atoms. The second kappa shape index (κ2) is 5.25. The van der Waals surface area contributed by atoms with E-state index in [2.05, 4.69) is 27.9 Å². The van der Waals surface area contributed by atoms with E-state index in [1.165, 1.54) is 6.92 Å². The van der Waals surface area contributed by atoms with Crippen molar-refractivity contribution in [3.8, 4) is 0 Å². The zero-order chi connectivity index (χ0) is 11.4. The van der Waals surface area contributed by atoms with Crippen molar-refractivity contribution < 1.29 is 9.59 Å². The number of hydrogen-bond acceptors (Lipinski definition) is 3. The van der Waals surface area contributed by atoms with Crippen LogP contribution >= 0.6 is 22.6 Å². The van der Waals surface area contributed by atoms with Gasteiger partial charge in [0.2, 0.25) is 0 Å². The summed E-state index contributed by atoms with van der Waals surface area (Å²) < 4.78 is 0.858. The third-order valence-electron chi connectivity index (χ3n) is 1.97. The van der Waals surface area contributed by atoms with Crippen LogP contribution in [0.4, 0.5) is 5.69 Å². The van der Waals surface area contributed by atoms with Crippen LogP contribution in [0.25, 0.3) is 0 Å². The molecule has 0 saturated heterocycles. The minimum Gasteiger partial charge on any atom is -0.375 e. The molecule has 3 nitrogen and oxygen atoms in total. The number of hydrogen-bond donors (Lipinski definition) is 1. The standard InChI is InChI=1S/C11H12INO2/c1-7(6-14)13-10-5-3-4-9(8(2)15)11(10)12/h3-7,13H,1-2H3. The fraction of sp³-hybridized carbons (Fsp3) is 0.273. The molecule has 1 rings (SSSR count). The Morgan fingerprint density at radius 1 is 1.53 bits per heavy atom. The van der Waals surface area contributed by atoms with Crippen LogP contribution in [0.2, 0.25) is 0 Å². The Morgan fingerprint density at radius 3 is 2.73 bits per heavy atom. The molecule has 0 spiro atoms. The molecular formula is C11H12INO2. The van der Waals surface area contributed by atoms with Crippen LogP contribution < -0.4 is 5.32 Å². The SMILES string of the molecule is CC(=O)c1cccc(NC(C)C=O)c1I. The maximum atomic E-state index is 11.3. The first-order valence-electron chi connectivity index (χ1n) is 4.57. The summed E-state index contributed by atoms with van der Waals surface area (Å²) in [5.41, 5.74) is 1.50. The highest BCUT2D eigenvalue weighted by Crippen LogP contribution is 2.22. The number of nitrogens with one attached hydrogen (secondary N) is 1. The minimum atomic E-state index is -0.249. The monoisotopic (exact) mass is 317 g/mol. The maximum absolute atomic E-state index is 11.3. The van der Waals surface area contributed by atoms with Crippen molar-refractivity contribution in [2.45, 2.75) is 19.9 Å². The van der Waals surface area contributed by atoms with Gasteiger partial charge in [0.25, 0.3) is 0 Å². The average Bonchev–Trinajstić information content (AvgIpc) is 2.20. The summed E-state index contributed by atoms with van der Waals surface area (Å²) in [7, 11) is 0. The molecule has 0 saturated carbocycles. The molecular weight excluding hydrogens is 305 g/mol. The van der Waals surface area contributed by atoms with Crippen LogP contribution in [-0.2, 0) is 4.79 Å². The molecule has 0 aliphatic carbocycles. The molecule has 0 aliphatic heterocycles. The molecule has 0 amide bonds. The number of Topliss-reactive ketones (excluding diaryl/α,β-unsaturated/α-hetero) is 1. The Bertz CT molecular complexity index is 390. The van der Waals surface area contributed by atoms with Gasteiger partial charge < -0.3 is 10.1 Å². The lowest BCUT2D eigenvalue weighted by molar-refractivity contribution is -0.108. The molecule has 1 aromatic carbocycles. The number of anilines is 1. The topological polar surface area (TPSA) is 46.2 Å². The van der Waals surface area contributed by atoms with Gasteiger partial charge in [-0.1, -0.05) is 12.1 Å². The molecule has 0 heterocycles. The smallest absolute Gasteiger partial charge is 0.160 e. The van der Waals surface area contributed by atoms with Crippen LogP contribution in [0.5, 0.6) is 0 Å². The number of aldehydes is 1. The van der Waals surface area contributed by atoms with E-state index in [4.69, 9.17) is 0 Å². The second-order valence-electron chi connectivity index (χ2n) is 3.29. The summed E-state index contributed by atoms with van der Waals surface area (Å²) in [4.78, 5) is 21.8. The fourth-order valence-corrected chi connectivity index (χ4v) is 2.09. The van der Waals surface area contributed by atoms with E-state index in [9.17, 15) is 9.59 Å². The zero-order valence-corrected chi connectivity index (χ0v) is 10.7. The minimum absolute atomic E-state index is 0.0295. The molecule has 0 bridgehead atoms. The van der Waals surface area contributed by atoms with Gasteiger partial charge in [-0.2, -0.15) is 0 Å². The molecule has 1 unspecified atom stereocenters. The van der Waals surface area contributed by atoms with E-state index in [0.717, 1.165) is 15.5 Å². The molecule has 0 fully saturated rings. The van der Waals surface area contributed by atoms with Crippen molar-refractivity contribution in [3.63, 3.8) is 0 Å². The zero-order valence-electron chi connectivity index (χ0n) is 8.58. The summed E-state index contributed by atoms with van der Waals surface area (Å²) in [5, 5.41) is 3.03. The Hall–Kier alpha value is -0.910. The van der Waals surface area contributed by atoms with Crippen molar-refractivity contribution in [2.24, 2.45) is 0 Å². The van der Waals surface area contributed by atoms with Gasteiger partial charge in [0.15, 0.2) is 5.78 Å². The molecule has 1 atom stereocenters. The molecule has 1 aromatic rings. The van der Waals surface area contributed by atoms with Crippen molar-refractivity contribution in [1.82, 2.24) is 0 Å². The van der Waals surface area contributed by atoms with Crippen LogP contribution in [0.1, 0.15) is 24.2 Å². The summed E-state index contributed by atoms with van der Waals surface area (Å²) >= 11 is 2.11. The number of halogens is 1. The van der Waals surface area contributed by atoms with Crippen molar-refractivity contribution >= 4 is 40.3 Å². The van der Waals surface area contributed by atoms with Gasteiger partial charge in [-0.25, -0.2) is 0 Å². The van der Waals surface area contributed by atoms with Crippen molar-refractivity contribution in [2.75, 3.05) is 5.32 Å². The third kappa shape index (κ3) is 3.02. The number of carbonyl (C=O) groups excluding carboxylic acids is 2. The quantitative estimate of drug-likeness (QED) is 0.527. The number of carbonyl (C=O) groups is 2. The summed E-state index contributed by atoms with van der Waals surface area (Å²) in [6.45, 7) is 3.30. The summed E-state index contributed by atoms with van der Waals surface area (Å²) in [5.74, 6) is 0.0295. The highest BCUT2D eigenvalue weighted by molar-refractivity contribution is 14.1. The van der Waals surface area contributed by atoms with Crippen molar-refractivity contribution in [1.29, 1.82) is 0 Å². The lowest BCUT2D eigenvalue weighted by atomic mass is 10.1. The Morgan fingerprint density at radius 2 is 2.20 bits per heavy atom. The summed E-state index contributed by atoms with van der Waals surface area (Å²) in [6, 6.07) is 5.19. The van der Waals surface area contributed by atoms with Crippen LogP contribution in [0.3, 0.4) is 0 Å². The van der Waals surface area contributed by atoms with Gasteiger partial charge in [-0.05, 0) is 42.5 Å². The third-order valence-corrected chi connectivity index (χ3v) is 3.13. The number of ketones is 1. The summed E-state index contributed by atoms with van der Waals surface area (Å²) in [6.07, 6.45) is 0.830. The first-order chi connectivity index (χ1) is 7.06. The first kappa shape index (κ1) is 12.2. The normalized spacial score (nSPS) is 11.9. The van der Waals surface area contributed by atoms with Gasteiger partial charge in [0.1, 0.15) is 6.29 Å². The highest BCUT2D eigenvalue weighted by atomic mass is 127. The molecule has 1 N–H and O–H groups in total. The van der Waals surface area contributed by atoms with E-state index in [1.54, 1.807) is 19.1 Å². The number of rotatable bonds is 4. The predicted octanol–water partition coefficient (Wildman–Crippen LogP) is 2.49.